The molecule has 0 fully saturated rings. The van der Waals surface area contributed by atoms with E-state index in [2.05, 4.69) is 24.9 Å². The number of nitrogens with zero attached hydrogens (tertiary/aromatic N) is 1. The van der Waals surface area contributed by atoms with Crippen molar-refractivity contribution in [1.82, 2.24) is 4.98 Å². The quantitative estimate of drug-likeness (QED) is 0.901. The van der Waals surface area contributed by atoms with E-state index in [1.807, 2.05) is 43.3 Å². The van der Waals surface area contributed by atoms with E-state index in [4.69, 9.17) is 10.5 Å². The maximum Gasteiger partial charge on any atom is 0.155 e. The molecule has 3 heteroatoms. The molecule has 0 spiro atoms. The molecule has 0 saturated heterocycles. The van der Waals surface area contributed by atoms with Gasteiger partial charge in [0, 0.05) is 12.2 Å². The van der Waals surface area contributed by atoms with Gasteiger partial charge in [0.1, 0.15) is 5.75 Å². The Bertz CT molecular complexity index is 538. The van der Waals surface area contributed by atoms with Crippen LogP contribution >= 0.6 is 0 Å². The molecule has 1 heterocycles. The molecule has 2 aromatic rings. The van der Waals surface area contributed by atoms with Gasteiger partial charge in [0.2, 0.25) is 0 Å². The Kier molecular flexibility index (Phi) is 4.74. The van der Waals surface area contributed by atoms with Crippen molar-refractivity contribution in [3.05, 3.63) is 59.9 Å². The van der Waals surface area contributed by atoms with Gasteiger partial charge in [0.25, 0.3) is 0 Å². The summed E-state index contributed by atoms with van der Waals surface area (Å²) in [5.41, 5.74) is 8.13. The molecule has 3 nitrogen and oxygen atoms in total. The van der Waals surface area contributed by atoms with Crippen molar-refractivity contribution < 1.29 is 4.74 Å². The smallest absolute Gasteiger partial charge is 0.155 e. The minimum absolute atomic E-state index is 0.134. The maximum absolute atomic E-state index is 6.17. The Morgan fingerprint density at radius 1 is 1.00 bits per heavy atom. The summed E-state index contributed by atoms with van der Waals surface area (Å²) in [5, 5.41) is 0. The van der Waals surface area contributed by atoms with Crippen LogP contribution < -0.4 is 10.5 Å². The molecule has 20 heavy (non-hydrogen) atoms. The third-order valence-corrected chi connectivity index (χ3v) is 3.25. The number of rotatable bonds is 5. The monoisotopic (exact) mass is 270 g/mol. The standard InChI is InChI=1S/C17H22N2O/c1-12(2)14-8-4-5-10-16(14)20-17(13(3)18)15-9-6-7-11-19-15/h4-13,17H,18H2,1-3H3. The van der Waals surface area contributed by atoms with Crippen molar-refractivity contribution in [2.45, 2.75) is 38.8 Å². The lowest BCUT2D eigenvalue weighted by molar-refractivity contribution is 0.173. The highest BCUT2D eigenvalue weighted by Gasteiger charge is 2.21. The molecule has 0 radical (unpaired) electrons. The lowest BCUT2D eigenvalue weighted by Gasteiger charge is -2.24. The van der Waals surface area contributed by atoms with Gasteiger partial charge in [0.05, 0.1) is 5.69 Å². The van der Waals surface area contributed by atoms with E-state index in [0.717, 1.165) is 11.4 Å². The van der Waals surface area contributed by atoms with Crippen molar-refractivity contribution in [2.75, 3.05) is 0 Å². The first-order valence-electron chi connectivity index (χ1n) is 7.01. The molecular formula is C17H22N2O. The molecular weight excluding hydrogens is 248 g/mol. The topological polar surface area (TPSA) is 48.1 Å². The number of ether oxygens (including phenoxy) is 1. The average molecular weight is 270 g/mol. The van der Waals surface area contributed by atoms with Gasteiger partial charge in [-0.2, -0.15) is 0 Å². The number of para-hydroxylation sites is 1. The Balaban J connectivity index is 2.30. The third kappa shape index (κ3) is 3.36. The SMILES string of the molecule is CC(C)c1ccccc1OC(c1ccccn1)C(C)N. The molecule has 2 unspecified atom stereocenters. The van der Waals surface area contributed by atoms with Crippen molar-refractivity contribution in [1.29, 1.82) is 0 Å². The van der Waals surface area contributed by atoms with Crippen LogP contribution in [0.5, 0.6) is 5.75 Å². The molecule has 2 atom stereocenters. The van der Waals surface area contributed by atoms with Crippen LogP contribution in [0.15, 0.2) is 48.7 Å². The van der Waals surface area contributed by atoms with Crippen LogP contribution in [0.3, 0.4) is 0 Å². The first kappa shape index (κ1) is 14.5. The molecule has 106 valence electrons. The number of aromatic nitrogens is 1. The highest BCUT2D eigenvalue weighted by atomic mass is 16.5. The lowest BCUT2D eigenvalue weighted by Crippen LogP contribution is -2.30. The van der Waals surface area contributed by atoms with Crippen LogP contribution in [0.2, 0.25) is 0 Å². The Labute approximate surface area is 120 Å². The Morgan fingerprint density at radius 2 is 1.70 bits per heavy atom. The first-order valence-corrected chi connectivity index (χ1v) is 7.01. The van der Waals surface area contributed by atoms with Crippen LogP contribution in [0, 0.1) is 0 Å². The zero-order chi connectivity index (χ0) is 14.5. The lowest BCUT2D eigenvalue weighted by atomic mass is 10.0. The fourth-order valence-corrected chi connectivity index (χ4v) is 2.18. The van der Waals surface area contributed by atoms with Crippen molar-refractivity contribution >= 4 is 0 Å². The fourth-order valence-electron chi connectivity index (χ4n) is 2.18. The van der Waals surface area contributed by atoms with Gasteiger partial charge in [-0.15, -0.1) is 0 Å². The molecule has 1 aromatic carbocycles. The summed E-state index contributed by atoms with van der Waals surface area (Å²) in [7, 11) is 0. The van der Waals surface area contributed by atoms with Gasteiger partial charge >= 0.3 is 0 Å². The van der Waals surface area contributed by atoms with Crippen LogP contribution in [0.4, 0.5) is 0 Å². The summed E-state index contributed by atoms with van der Waals surface area (Å²) in [6.07, 6.45) is 1.53. The predicted octanol–water partition coefficient (Wildman–Crippen LogP) is 3.67. The van der Waals surface area contributed by atoms with E-state index in [9.17, 15) is 0 Å². The van der Waals surface area contributed by atoms with E-state index in [1.165, 1.54) is 5.56 Å². The summed E-state index contributed by atoms with van der Waals surface area (Å²) in [4.78, 5) is 4.37. The highest BCUT2D eigenvalue weighted by molar-refractivity contribution is 5.36. The van der Waals surface area contributed by atoms with Gasteiger partial charge in [0.15, 0.2) is 6.10 Å². The molecule has 0 saturated carbocycles. The van der Waals surface area contributed by atoms with E-state index >= 15 is 0 Å². The van der Waals surface area contributed by atoms with Crippen molar-refractivity contribution in [2.24, 2.45) is 5.73 Å². The van der Waals surface area contributed by atoms with Crippen LogP contribution in [0.25, 0.3) is 0 Å². The molecule has 0 aliphatic heterocycles. The van der Waals surface area contributed by atoms with Gasteiger partial charge < -0.3 is 10.5 Å². The number of benzene rings is 1. The van der Waals surface area contributed by atoms with Gasteiger partial charge in [-0.05, 0) is 36.6 Å². The highest BCUT2D eigenvalue weighted by Crippen LogP contribution is 2.30. The first-order chi connectivity index (χ1) is 9.59. The fraction of sp³-hybridized carbons (Fsp3) is 0.353. The molecule has 0 aliphatic rings. The van der Waals surface area contributed by atoms with Gasteiger partial charge in [-0.25, -0.2) is 0 Å². The number of nitrogens with two attached hydrogens (primary N) is 1. The number of hydrogen-bond donors (Lipinski definition) is 1. The zero-order valence-corrected chi connectivity index (χ0v) is 12.3. The van der Waals surface area contributed by atoms with E-state index in [1.54, 1.807) is 6.20 Å². The summed E-state index contributed by atoms with van der Waals surface area (Å²) < 4.78 is 6.17. The normalized spacial score (nSPS) is 14.1. The number of pyridine rings is 1. The van der Waals surface area contributed by atoms with Crippen molar-refractivity contribution in [3.8, 4) is 5.75 Å². The van der Waals surface area contributed by atoms with E-state index < -0.39 is 0 Å². The Hall–Kier alpha value is -1.87. The Morgan fingerprint density at radius 3 is 2.30 bits per heavy atom. The zero-order valence-electron chi connectivity index (χ0n) is 12.3. The van der Waals surface area contributed by atoms with E-state index in [0.29, 0.717) is 5.92 Å². The minimum atomic E-state index is -0.240. The summed E-state index contributed by atoms with van der Waals surface area (Å²) in [6, 6.07) is 13.8. The molecule has 0 aliphatic carbocycles. The van der Waals surface area contributed by atoms with E-state index in [-0.39, 0.29) is 12.1 Å². The van der Waals surface area contributed by atoms with Crippen LogP contribution in [0.1, 0.15) is 44.1 Å². The maximum atomic E-state index is 6.17. The van der Waals surface area contributed by atoms with Crippen LogP contribution in [-0.4, -0.2) is 11.0 Å². The minimum Gasteiger partial charge on any atom is -0.482 e. The van der Waals surface area contributed by atoms with Crippen molar-refractivity contribution in [3.63, 3.8) is 0 Å². The third-order valence-electron chi connectivity index (χ3n) is 3.25. The molecule has 0 amide bonds. The number of hydrogen-bond acceptors (Lipinski definition) is 3. The van der Waals surface area contributed by atoms with Gasteiger partial charge in [-0.3, -0.25) is 4.98 Å². The molecule has 1 aromatic heterocycles. The summed E-state index contributed by atoms with van der Waals surface area (Å²) in [6.45, 7) is 6.25. The predicted molar refractivity (Wildman–Crippen MR) is 81.8 cm³/mol. The second kappa shape index (κ2) is 6.53. The summed E-state index contributed by atoms with van der Waals surface area (Å²) in [5.74, 6) is 1.29. The molecule has 2 N–H and O–H groups in total. The van der Waals surface area contributed by atoms with Gasteiger partial charge in [-0.1, -0.05) is 38.1 Å². The molecule has 2 rings (SSSR count). The van der Waals surface area contributed by atoms with Crippen LogP contribution in [-0.2, 0) is 0 Å². The second-order valence-corrected chi connectivity index (χ2v) is 5.34. The summed E-state index contributed by atoms with van der Waals surface area (Å²) >= 11 is 0. The second-order valence-electron chi connectivity index (χ2n) is 5.34. The largest absolute Gasteiger partial charge is 0.482 e. The molecule has 0 bridgehead atoms. The average Bonchev–Trinajstić information content (AvgIpc) is 2.45.